The number of fused-ring (bicyclic) bond motifs is 1. The highest BCUT2D eigenvalue weighted by Crippen LogP contribution is 2.25. The Morgan fingerprint density at radius 1 is 0.868 bits per heavy atom. The fraction of sp³-hybridized carbons (Fsp3) is 0.250. The lowest BCUT2D eigenvalue weighted by Gasteiger charge is -2.32. The third-order valence-corrected chi connectivity index (χ3v) is 6.89. The van der Waals surface area contributed by atoms with Crippen molar-refractivity contribution in [3.05, 3.63) is 113 Å². The molecule has 0 saturated carbocycles. The summed E-state index contributed by atoms with van der Waals surface area (Å²) in [5, 5.41) is 5.66. The van der Waals surface area contributed by atoms with Gasteiger partial charge in [-0.25, -0.2) is 0 Å². The second-order valence-electron chi connectivity index (χ2n) is 9.44. The SMILES string of the molecule is CC[C@H](C)NC(=O)[C@@H](Cc1ccccc1)N(Cc1ccc(Cl)cc1)C(=O)COc1cccc2ccccc12. The van der Waals surface area contributed by atoms with E-state index in [2.05, 4.69) is 5.32 Å². The molecule has 0 aliphatic rings. The zero-order valence-corrected chi connectivity index (χ0v) is 22.5. The lowest BCUT2D eigenvalue weighted by molar-refractivity contribution is -0.143. The highest BCUT2D eigenvalue weighted by Gasteiger charge is 2.31. The van der Waals surface area contributed by atoms with Crippen LogP contribution in [0.25, 0.3) is 10.8 Å². The van der Waals surface area contributed by atoms with Crippen LogP contribution in [0, 0.1) is 0 Å². The second kappa shape index (κ2) is 13.1. The Bertz CT molecular complexity index is 1350. The van der Waals surface area contributed by atoms with Crippen molar-refractivity contribution < 1.29 is 14.3 Å². The van der Waals surface area contributed by atoms with E-state index in [1.807, 2.05) is 98.8 Å². The van der Waals surface area contributed by atoms with Crippen LogP contribution in [0.3, 0.4) is 0 Å². The summed E-state index contributed by atoms with van der Waals surface area (Å²) < 4.78 is 6.06. The molecule has 4 aromatic rings. The van der Waals surface area contributed by atoms with E-state index in [4.69, 9.17) is 16.3 Å². The first-order valence-electron chi connectivity index (χ1n) is 12.9. The third kappa shape index (κ3) is 7.14. The number of rotatable bonds is 11. The first-order chi connectivity index (χ1) is 18.4. The Balaban J connectivity index is 1.64. The van der Waals surface area contributed by atoms with Gasteiger partial charge >= 0.3 is 0 Å². The lowest BCUT2D eigenvalue weighted by atomic mass is 10.0. The van der Waals surface area contributed by atoms with Gasteiger partial charge in [0.15, 0.2) is 6.61 Å². The molecule has 2 amide bonds. The maximum absolute atomic E-state index is 13.8. The molecule has 0 aliphatic heterocycles. The quantitative estimate of drug-likeness (QED) is 0.244. The average molecular weight is 529 g/mol. The van der Waals surface area contributed by atoms with Crippen LogP contribution >= 0.6 is 11.6 Å². The fourth-order valence-corrected chi connectivity index (χ4v) is 4.45. The van der Waals surface area contributed by atoms with Gasteiger partial charge in [0.25, 0.3) is 5.91 Å². The van der Waals surface area contributed by atoms with Crippen LogP contribution in [-0.4, -0.2) is 35.4 Å². The predicted molar refractivity (Wildman–Crippen MR) is 153 cm³/mol. The smallest absolute Gasteiger partial charge is 0.261 e. The number of nitrogens with one attached hydrogen (secondary N) is 1. The minimum Gasteiger partial charge on any atom is -0.483 e. The van der Waals surface area contributed by atoms with Crippen LogP contribution < -0.4 is 10.1 Å². The Morgan fingerprint density at radius 3 is 2.29 bits per heavy atom. The van der Waals surface area contributed by atoms with Crippen LogP contribution in [0.15, 0.2) is 97.1 Å². The molecule has 0 fully saturated rings. The summed E-state index contributed by atoms with van der Waals surface area (Å²) in [5.41, 5.74) is 1.85. The van der Waals surface area contributed by atoms with E-state index in [0.29, 0.717) is 17.2 Å². The Labute approximate surface area is 229 Å². The summed E-state index contributed by atoms with van der Waals surface area (Å²) in [6.45, 7) is 4.04. The molecule has 4 rings (SSSR count). The van der Waals surface area contributed by atoms with Crippen molar-refractivity contribution in [2.75, 3.05) is 6.61 Å². The normalized spacial score (nSPS) is 12.5. The fourth-order valence-electron chi connectivity index (χ4n) is 4.33. The molecule has 0 radical (unpaired) electrons. The van der Waals surface area contributed by atoms with Crippen LogP contribution in [-0.2, 0) is 22.6 Å². The monoisotopic (exact) mass is 528 g/mol. The Hall–Kier alpha value is -3.83. The van der Waals surface area contributed by atoms with Crippen LogP contribution in [0.2, 0.25) is 5.02 Å². The number of benzene rings is 4. The van der Waals surface area contributed by atoms with Gasteiger partial charge < -0.3 is 15.0 Å². The largest absolute Gasteiger partial charge is 0.483 e. The standard InChI is InChI=1S/C32H33ClN2O3/c1-3-23(2)34-32(37)29(20-24-10-5-4-6-11-24)35(21-25-16-18-27(33)19-17-25)31(36)22-38-30-15-9-13-26-12-7-8-14-28(26)30/h4-19,23,29H,3,20-22H2,1-2H3,(H,34,37)/t23-,29+/m0/s1. The van der Waals surface area contributed by atoms with Gasteiger partial charge in [-0.1, -0.05) is 97.4 Å². The number of halogens is 1. The molecular weight excluding hydrogens is 496 g/mol. The summed E-state index contributed by atoms with van der Waals surface area (Å²) in [5.74, 6) is 0.176. The van der Waals surface area contributed by atoms with Gasteiger partial charge in [-0.3, -0.25) is 9.59 Å². The molecule has 0 heterocycles. The van der Waals surface area contributed by atoms with Crippen molar-refractivity contribution in [1.29, 1.82) is 0 Å². The Kier molecular flexibility index (Phi) is 9.39. The third-order valence-electron chi connectivity index (χ3n) is 6.64. The molecule has 5 nitrogen and oxygen atoms in total. The molecule has 0 aromatic heterocycles. The predicted octanol–water partition coefficient (Wildman–Crippen LogP) is 6.43. The van der Waals surface area contributed by atoms with Crippen LogP contribution in [0.1, 0.15) is 31.4 Å². The summed E-state index contributed by atoms with van der Waals surface area (Å²) >= 11 is 6.10. The number of hydrogen-bond donors (Lipinski definition) is 1. The molecule has 0 unspecified atom stereocenters. The molecule has 1 N–H and O–H groups in total. The van der Waals surface area contributed by atoms with E-state index < -0.39 is 6.04 Å². The van der Waals surface area contributed by atoms with Gasteiger partial charge in [0.05, 0.1) is 0 Å². The highest BCUT2D eigenvalue weighted by molar-refractivity contribution is 6.30. The van der Waals surface area contributed by atoms with E-state index in [1.165, 1.54) is 0 Å². The maximum atomic E-state index is 13.8. The van der Waals surface area contributed by atoms with Gasteiger partial charge in [-0.15, -0.1) is 0 Å². The molecule has 0 bridgehead atoms. The van der Waals surface area contributed by atoms with Gasteiger partial charge in [-0.05, 0) is 48.1 Å². The Morgan fingerprint density at radius 2 is 1.55 bits per heavy atom. The summed E-state index contributed by atoms with van der Waals surface area (Å²) in [6.07, 6.45) is 1.18. The molecule has 4 aromatic carbocycles. The number of amides is 2. The van der Waals surface area contributed by atoms with E-state index in [-0.39, 0.29) is 31.0 Å². The van der Waals surface area contributed by atoms with E-state index in [9.17, 15) is 9.59 Å². The zero-order chi connectivity index (χ0) is 26.9. The summed E-state index contributed by atoms with van der Waals surface area (Å²) in [7, 11) is 0. The first kappa shape index (κ1) is 27.2. The zero-order valence-electron chi connectivity index (χ0n) is 21.8. The number of carbonyl (C=O) groups excluding carboxylic acids is 2. The topological polar surface area (TPSA) is 58.6 Å². The van der Waals surface area contributed by atoms with Crippen molar-refractivity contribution in [1.82, 2.24) is 10.2 Å². The number of hydrogen-bond acceptors (Lipinski definition) is 3. The van der Waals surface area contributed by atoms with E-state index >= 15 is 0 Å². The first-order valence-corrected chi connectivity index (χ1v) is 13.3. The van der Waals surface area contributed by atoms with Crippen molar-refractivity contribution in [2.45, 2.75) is 45.3 Å². The molecule has 38 heavy (non-hydrogen) atoms. The summed E-state index contributed by atoms with van der Waals surface area (Å²) in [4.78, 5) is 29.0. The second-order valence-corrected chi connectivity index (χ2v) is 9.87. The van der Waals surface area contributed by atoms with Gasteiger partial charge in [0.2, 0.25) is 5.91 Å². The number of carbonyl (C=O) groups is 2. The van der Waals surface area contributed by atoms with Gasteiger partial charge in [0, 0.05) is 29.4 Å². The van der Waals surface area contributed by atoms with Crippen LogP contribution in [0.5, 0.6) is 5.75 Å². The van der Waals surface area contributed by atoms with E-state index in [1.54, 1.807) is 17.0 Å². The molecule has 0 aliphatic carbocycles. The number of nitrogens with zero attached hydrogens (tertiary/aromatic N) is 1. The lowest BCUT2D eigenvalue weighted by Crippen LogP contribution is -2.53. The maximum Gasteiger partial charge on any atom is 0.261 e. The van der Waals surface area contributed by atoms with Crippen molar-refractivity contribution in [3.63, 3.8) is 0 Å². The van der Waals surface area contributed by atoms with Crippen molar-refractivity contribution in [2.24, 2.45) is 0 Å². The molecular formula is C32H33ClN2O3. The molecule has 0 spiro atoms. The highest BCUT2D eigenvalue weighted by atomic mass is 35.5. The van der Waals surface area contributed by atoms with Crippen molar-refractivity contribution in [3.8, 4) is 5.75 Å². The van der Waals surface area contributed by atoms with Crippen LogP contribution in [0.4, 0.5) is 0 Å². The molecule has 196 valence electrons. The molecule has 6 heteroatoms. The summed E-state index contributed by atoms with van der Waals surface area (Å²) in [6, 6.07) is 30.0. The number of ether oxygens (including phenoxy) is 1. The average Bonchev–Trinajstić information content (AvgIpc) is 2.95. The molecule has 2 atom stereocenters. The van der Waals surface area contributed by atoms with Gasteiger partial charge in [-0.2, -0.15) is 0 Å². The minimum absolute atomic E-state index is 0.0137. The van der Waals surface area contributed by atoms with E-state index in [0.717, 1.165) is 28.3 Å². The van der Waals surface area contributed by atoms with Crippen molar-refractivity contribution >= 4 is 34.2 Å². The minimum atomic E-state index is -0.717. The molecule has 0 saturated heterocycles. The van der Waals surface area contributed by atoms with Gasteiger partial charge in [0.1, 0.15) is 11.8 Å².